The number of hydrogen-bond donors (Lipinski definition) is 1. The summed E-state index contributed by atoms with van der Waals surface area (Å²) in [6.07, 6.45) is 0.566. The molecule has 5 heteroatoms. The fraction of sp³-hybridized carbons (Fsp3) is 0.565. The summed E-state index contributed by atoms with van der Waals surface area (Å²) in [5, 5.41) is 2.69. The Bertz CT molecular complexity index is 649. The van der Waals surface area contributed by atoms with Crippen molar-refractivity contribution in [3.8, 4) is 0 Å². The molecule has 0 radical (unpaired) electrons. The molecule has 0 saturated carbocycles. The summed E-state index contributed by atoms with van der Waals surface area (Å²) >= 11 is 0. The summed E-state index contributed by atoms with van der Waals surface area (Å²) in [7, 11) is 0. The second kappa shape index (κ2) is 11.5. The molecule has 2 atom stereocenters. The fourth-order valence-electron chi connectivity index (χ4n) is 3.60. The van der Waals surface area contributed by atoms with Crippen LogP contribution in [0, 0.1) is 17.8 Å². The van der Waals surface area contributed by atoms with E-state index in [-0.39, 0.29) is 13.2 Å². The smallest absolute Gasteiger partial charge is 0.411 e. The number of amides is 1. The molecule has 0 heterocycles. The number of ether oxygens (including phenoxy) is 2. The number of hydrogen-bond acceptors (Lipinski definition) is 4. The average molecular weight is 390 g/mol. The van der Waals surface area contributed by atoms with Gasteiger partial charge in [0.15, 0.2) is 0 Å². The van der Waals surface area contributed by atoms with Gasteiger partial charge in [0.25, 0.3) is 0 Å². The highest BCUT2D eigenvalue weighted by atomic mass is 16.6. The number of carbonyl (C=O) groups is 2. The number of carbonyl (C=O) groups excluding carboxylic acids is 2. The average Bonchev–Trinajstić information content (AvgIpc) is 2.63. The predicted octanol–water partition coefficient (Wildman–Crippen LogP) is 5.78. The van der Waals surface area contributed by atoms with E-state index in [2.05, 4.69) is 58.6 Å². The third-order valence-electron chi connectivity index (χ3n) is 4.95. The summed E-state index contributed by atoms with van der Waals surface area (Å²) in [4.78, 5) is 23.1. The molecule has 1 aromatic rings. The van der Waals surface area contributed by atoms with Crippen LogP contribution < -0.4 is 5.32 Å². The van der Waals surface area contributed by atoms with Gasteiger partial charge in [-0.1, -0.05) is 59.8 Å². The normalized spacial score (nSPS) is 13.1. The Hall–Kier alpha value is -2.30. The van der Waals surface area contributed by atoms with Crippen LogP contribution in [0.15, 0.2) is 36.4 Å². The van der Waals surface area contributed by atoms with Crippen molar-refractivity contribution >= 4 is 17.7 Å². The van der Waals surface area contributed by atoms with Gasteiger partial charge in [0, 0.05) is 11.3 Å². The van der Waals surface area contributed by atoms with Crippen LogP contribution in [0.25, 0.3) is 0 Å². The van der Waals surface area contributed by atoms with Gasteiger partial charge < -0.3 is 9.47 Å². The molecule has 0 saturated heterocycles. The second-order valence-electron chi connectivity index (χ2n) is 7.89. The Kier molecular flexibility index (Phi) is 9.77. The third-order valence-corrected chi connectivity index (χ3v) is 4.95. The lowest BCUT2D eigenvalue weighted by molar-refractivity contribution is -0.139. The van der Waals surface area contributed by atoms with Crippen molar-refractivity contribution in [2.75, 3.05) is 18.5 Å². The van der Waals surface area contributed by atoms with Gasteiger partial charge in [0.1, 0.15) is 13.2 Å². The number of nitrogens with one attached hydrogen (secondary N) is 1. The molecule has 1 rings (SSSR count). The first kappa shape index (κ1) is 23.7. The number of anilines is 1. The van der Waals surface area contributed by atoms with E-state index < -0.39 is 12.1 Å². The molecule has 1 N–H and O–H groups in total. The van der Waals surface area contributed by atoms with Gasteiger partial charge in [-0.25, -0.2) is 9.59 Å². The van der Waals surface area contributed by atoms with Gasteiger partial charge in [-0.05, 0) is 48.3 Å². The summed E-state index contributed by atoms with van der Waals surface area (Å²) in [6.45, 7) is 16.4. The molecule has 0 aliphatic carbocycles. The summed E-state index contributed by atoms with van der Waals surface area (Å²) < 4.78 is 9.90. The maximum Gasteiger partial charge on any atom is 0.411 e. The molecule has 0 bridgehead atoms. The van der Waals surface area contributed by atoms with E-state index in [1.165, 1.54) is 5.56 Å². The van der Waals surface area contributed by atoms with E-state index in [4.69, 9.17) is 9.47 Å². The Morgan fingerprint density at radius 3 is 2.04 bits per heavy atom. The molecule has 0 aromatic heterocycles. The summed E-state index contributed by atoms with van der Waals surface area (Å²) in [5.41, 5.74) is 2.28. The Labute approximate surface area is 169 Å². The SMILES string of the molecule is C=C(C)C(=O)OCCOC(=O)Nc1ccc(C(C(C)C)C(CC)C(C)C)cc1. The molecular weight excluding hydrogens is 354 g/mol. The largest absolute Gasteiger partial charge is 0.459 e. The molecular formula is C23H35NO4. The van der Waals surface area contributed by atoms with Crippen molar-refractivity contribution in [2.45, 2.75) is 53.9 Å². The van der Waals surface area contributed by atoms with E-state index in [1.54, 1.807) is 6.92 Å². The fourth-order valence-corrected chi connectivity index (χ4v) is 3.60. The lowest BCUT2D eigenvalue weighted by atomic mass is 9.72. The van der Waals surface area contributed by atoms with E-state index in [1.807, 2.05) is 12.1 Å². The first-order valence-corrected chi connectivity index (χ1v) is 10.0. The van der Waals surface area contributed by atoms with E-state index in [0.29, 0.717) is 34.9 Å². The topological polar surface area (TPSA) is 64.6 Å². The molecule has 28 heavy (non-hydrogen) atoms. The first-order valence-electron chi connectivity index (χ1n) is 10.0. The molecule has 1 aromatic carbocycles. The van der Waals surface area contributed by atoms with E-state index in [9.17, 15) is 9.59 Å². The Morgan fingerprint density at radius 2 is 1.57 bits per heavy atom. The van der Waals surface area contributed by atoms with Crippen LogP contribution in [0.5, 0.6) is 0 Å². The van der Waals surface area contributed by atoms with Gasteiger partial charge >= 0.3 is 12.1 Å². The zero-order chi connectivity index (χ0) is 21.3. The zero-order valence-corrected chi connectivity index (χ0v) is 18.1. The number of rotatable bonds is 10. The minimum absolute atomic E-state index is 0.00171. The highest BCUT2D eigenvalue weighted by molar-refractivity contribution is 5.87. The third kappa shape index (κ3) is 7.37. The van der Waals surface area contributed by atoms with Crippen LogP contribution >= 0.6 is 0 Å². The molecule has 0 aliphatic heterocycles. The van der Waals surface area contributed by atoms with Gasteiger partial charge in [-0.3, -0.25) is 5.32 Å². The van der Waals surface area contributed by atoms with Crippen LogP contribution in [-0.4, -0.2) is 25.3 Å². The number of esters is 1. The van der Waals surface area contributed by atoms with Crippen LogP contribution in [0.2, 0.25) is 0 Å². The Balaban J connectivity index is 2.62. The van der Waals surface area contributed by atoms with Crippen LogP contribution in [0.1, 0.15) is 59.4 Å². The van der Waals surface area contributed by atoms with Crippen molar-refractivity contribution in [1.29, 1.82) is 0 Å². The lowest BCUT2D eigenvalue weighted by Crippen LogP contribution is -2.22. The molecule has 5 nitrogen and oxygen atoms in total. The van der Waals surface area contributed by atoms with Crippen molar-refractivity contribution in [1.82, 2.24) is 0 Å². The van der Waals surface area contributed by atoms with Gasteiger partial charge in [-0.2, -0.15) is 0 Å². The quantitative estimate of drug-likeness (QED) is 0.313. The van der Waals surface area contributed by atoms with Gasteiger partial charge in [-0.15, -0.1) is 0 Å². The molecule has 0 aliphatic rings. The van der Waals surface area contributed by atoms with Gasteiger partial charge in [0.2, 0.25) is 0 Å². The van der Waals surface area contributed by atoms with E-state index in [0.717, 1.165) is 6.42 Å². The van der Waals surface area contributed by atoms with Gasteiger partial charge in [0.05, 0.1) is 0 Å². The minimum Gasteiger partial charge on any atom is -0.459 e. The summed E-state index contributed by atoms with van der Waals surface area (Å²) in [6, 6.07) is 7.97. The van der Waals surface area contributed by atoms with Crippen LogP contribution in [-0.2, 0) is 14.3 Å². The molecule has 156 valence electrons. The van der Waals surface area contributed by atoms with Crippen molar-refractivity contribution in [2.24, 2.45) is 17.8 Å². The Morgan fingerprint density at radius 1 is 1.00 bits per heavy atom. The maximum atomic E-state index is 11.9. The maximum absolute atomic E-state index is 11.9. The van der Waals surface area contributed by atoms with Crippen molar-refractivity contribution in [3.63, 3.8) is 0 Å². The number of benzene rings is 1. The predicted molar refractivity (Wildman–Crippen MR) is 113 cm³/mol. The first-order chi connectivity index (χ1) is 13.2. The minimum atomic E-state index is -0.576. The van der Waals surface area contributed by atoms with Crippen molar-refractivity contribution in [3.05, 3.63) is 42.0 Å². The molecule has 0 spiro atoms. The zero-order valence-electron chi connectivity index (χ0n) is 18.1. The summed E-state index contributed by atoms with van der Waals surface area (Å²) in [5.74, 6) is 1.76. The monoisotopic (exact) mass is 389 g/mol. The lowest BCUT2D eigenvalue weighted by Gasteiger charge is -2.33. The van der Waals surface area contributed by atoms with Crippen molar-refractivity contribution < 1.29 is 19.1 Å². The second-order valence-corrected chi connectivity index (χ2v) is 7.89. The molecule has 0 fully saturated rings. The molecule has 2 unspecified atom stereocenters. The highest BCUT2D eigenvalue weighted by Gasteiger charge is 2.27. The standard InChI is InChI=1S/C23H35NO4/c1-8-20(15(2)3)21(16(4)5)18-9-11-19(12-10-18)24-23(26)28-14-13-27-22(25)17(6)7/h9-12,15-16,20-21H,6,8,13-14H2,1-5,7H3,(H,24,26). The van der Waals surface area contributed by atoms with E-state index >= 15 is 0 Å². The highest BCUT2D eigenvalue weighted by Crippen LogP contribution is 2.38. The molecule has 1 amide bonds. The van der Waals surface area contributed by atoms with Crippen LogP contribution in [0.3, 0.4) is 0 Å². The van der Waals surface area contributed by atoms with Crippen LogP contribution in [0.4, 0.5) is 10.5 Å².